The summed E-state index contributed by atoms with van der Waals surface area (Å²) in [6, 6.07) is 7.95. The maximum atomic E-state index is 12.4. The van der Waals surface area contributed by atoms with Crippen LogP contribution in [0.4, 0.5) is 4.79 Å². The molecule has 0 aromatic heterocycles. The highest BCUT2D eigenvalue weighted by Gasteiger charge is 2.46. The molecule has 6 nitrogen and oxygen atoms in total. The van der Waals surface area contributed by atoms with Crippen LogP contribution in [0.15, 0.2) is 24.3 Å². The molecule has 0 bridgehead atoms. The number of amides is 3. The zero-order valence-electron chi connectivity index (χ0n) is 14.1. The van der Waals surface area contributed by atoms with Gasteiger partial charge in [-0.2, -0.15) is 0 Å². The number of hydrogen-bond donors (Lipinski definition) is 2. The van der Waals surface area contributed by atoms with Crippen LogP contribution in [-0.4, -0.2) is 43.6 Å². The number of rotatable bonds is 5. The number of hydrogen-bond acceptors (Lipinski definition) is 3. The van der Waals surface area contributed by atoms with Crippen LogP contribution < -0.4 is 15.8 Å². The van der Waals surface area contributed by atoms with Crippen LogP contribution in [0.5, 0.6) is 5.75 Å². The molecule has 24 heavy (non-hydrogen) atoms. The fourth-order valence-electron chi connectivity index (χ4n) is 3.50. The summed E-state index contributed by atoms with van der Waals surface area (Å²) in [5.41, 5.74) is 6.50. The minimum atomic E-state index is -0.261. The summed E-state index contributed by atoms with van der Waals surface area (Å²) >= 11 is 0. The highest BCUT2D eigenvalue weighted by molar-refractivity contribution is 5.78. The first-order valence-electron chi connectivity index (χ1n) is 8.51. The average Bonchev–Trinajstić information content (AvgIpc) is 3.41. The van der Waals surface area contributed by atoms with E-state index >= 15 is 0 Å². The Morgan fingerprint density at radius 3 is 2.54 bits per heavy atom. The number of carbonyl (C=O) groups is 2. The lowest BCUT2D eigenvalue weighted by Gasteiger charge is -2.31. The molecule has 1 saturated heterocycles. The van der Waals surface area contributed by atoms with Crippen LogP contribution in [0, 0.1) is 5.92 Å². The van der Waals surface area contributed by atoms with Crippen LogP contribution in [0.1, 0.15) is 31.2 Å². The van der Waals surface area contributed by atoms with E-state index in [1.165, 1.54) is 5.56 Å². The lowest BCUT2D eigenvalue weighted by molar-refractivity contribution is -0.123. The smallest absolute Gasteiger partial charge is 0.317 e. The molecule has 2 fully saturated rings. The molecule has 3 N–H and O–H groups in total. The van der Waals surface area contributed by atoms with Crippen molar-refractivity contribution in [3.63, 3.8) is 0 Å². The zero-order chi connectivity index (χ0) is 17.2. The van der Waals surface area contributed by atoms with Crippen molar-refractivity contribution in [3.8, 4) is 5.75 Å². The molecule has 1 aliphatic carbocycles. The van der Waals surface area contributed by atoms with Crippen molar-refractivity contribution in [2.75, 3.05) is 26.7 Å². The van der Waals surface area contributed by atoms with Crippen molar-refractivity contribution in [1.82, 2.24) is 10.2 Å². The number of likely N-dealkylation sites (tertiary alicyclic amines) is 1. The highest BCUT2D eigenvalue weighted by Crippen LogP contribution is 2.50. The molecule has 130 valence electrons. The first-order valence-corrected chi connectivity index (χ1v) is 8.51. The molecule has 1 aromatic rings. The van der Waals surface area contributed by atoms with Gasteiger partial charge in [0, 0.05) is 36.5 Å². The Morgan fingerprint density at radius 2 is 1.96 bits per heavy atom. The summed E-state index contributed by atoms with van der Waals surface area (Å²) in [6.45, 7) is 1.78. The maximum Gasteiger partial charge on any atom is 0.317 e. The quantitative estimate of drug-likeness (QED) is 0.860. The molecule has 1 saturated carbocycles. The number of para-hydroxylation sites is 1. The number of primary amides is 1. The first kappa shape index (κ1) is 16.6. The second-order valence-corrected chi connectivity index (χ2v) is 6.80. The van der Waals surface area contributed by atoms with E-state index in [4.69, 9.17) is 10.5 Å². The second-order valence-electron chi connectivity index (χ2n) is 6.80. The van der Waals surface area contributed by atoms with Gasteiger partial charge in [0.15, 0.2) is 0 Å². The molecule has 6 heteroatoms. The van der Waals surface area contributed by atoms with E-state index in [1.54, 1.807) is 12.0 Å². The van der Waals surface area contributed by atoms with Crippen LogP contribution in [0.3, 0.4) is 0 Å². The second kappa shape index (κ2) is 6.71. The summed E-state index contributed by atoms with van der Waals surface area (Å²) in [6.07, 6.45) is 3.41. The number of nitrogens with one attached hydrogen (secondary N) is 1. The van der Waals surface area contributed by atoms with Gasteiger partial charge in [-0.15, -0.1) is 0 Å². The Bertz CT molecular complexity index is 620. The van der Waals surface area contributed by atoms with E-state index in [0.717, 1.165) is 18.6 Å². The van der Waals surface area contributed by atoms with Crippen molar-refractivity contribution < 1.29 is 14.3 Å². The summed E-state index contributed by atoms with van der Waals surface area (Å²) in [4.78, 5) is 25.4. The number of nitrogens with zero attached hydrogens (tertiary/aromatic N) is 1. The lowest BCUT2D eigenvalue weighted by Crippen LogP contribution is -2.47. The maximum absolute atomic E-state index is 12.4. The number of ether oxygens (including phenoxy) is 1. The van der Waals surface area contributed by atoms with Gasteiger partial charge in [0.25, 0.3) is 0 Å². The number of nitrogens with two attached hydrogens (primary N) is 1. The minimum absolute atomic E-state index is 0.00614. The molecule has 1 heterocycles. The number of benzene rings is 1. The Balaban J connectivity index is 1.56. The molecular formula is C18H25N3O3. The predicted molar refractivity (Wildman–Crippen MR) is 90.8 cm³/mol. The standard InChI is InChI=1S/C18H25N3O3/c1-24-15-5-3-2-4-14(15)18(8-9-18)12-20-17(23)21-10-6-13(7-11-21)16(19)22/h2-5,13H,6-12H2,1H3,(H2,19,22)(H,20,23). The topological polar surface area (TPSA) is 84.7 Å². The van der Waals surface area contributed by atoms with Crippen molar-refractivity contribution in [2.24, 2.45) is 11.7 Å². The normalized spacial score (nSPS) is 19.6. The molecule has 3 rings (SSSR count). The molecule has 1 aromatic carbocycles. The van der Waals surface area contributed by atoms with Gasteiger partial charge in [0.1, 0.15) is 5.75 Å². The Hall–Kier alpha value is -2.24. The molecule has 0 spiro atoms. The predicted octanol–water partition coefficient (Wildman–Crippen LogP) is 1.63. The van der Waals surface area contributed by atoms with Crippen LogP contribution in [0.25, 0.3) is 0 Å². The van der Waals surface area contributed by atoms with E-state index in [9.17, 15) is 9.59 Å². The molecule has 0 radical (unpaired) electrons. The number of methoxy groups -OCH3 is 1. The molecule has 3 amide bonds. The van der Waals surface area contributed by atoms with Crippen LogP contribution in [0.2, 0.25) is 0 Å². The van der Waals surface area contributed by atoms with Gasteiger partial charge in [-0.1, -0.05) is 18.2 Å². The monoisotopic (exact) mass is 331 g/mol. The van der Waals surface area contributed by atoms with Crippen molar-refractivity contribution in [2.45, 2.75) is 31.1 Å². The molecule has 1 aliphatic heterocycles. The summed E-state index contributed by atoms with van der Waals surface area (Å²) < 4.78 is 5.46. The summed E-state index contributed by atoms with van der Waals surface area (Å²) in [5, 5.41) is 3.06. The van der Waals surface area contributed by atoms with Gasteiger partial charge < -0.3 is 20.7 Å². The third-order valence-electron chi connectivity index (χ3n) is 5.29. The average molecular weight is 331 g/mol. The van der Waals surface area contributed by atoms with Crippen molar-refractivity contribution >= 4 is 11.9 Å². The fourth-order valence-corrected chi connectivity index (χ4v) is 3.50. The third kappa shape index (κ3) is 3.32. The number of carbonyl (C=O) groups excluding carboxylic acids is 2. The van der Waals surface area contributed by atoms with Gasteiger partial charge in [-0.25, -0.2) is 4.79 Å². The largest absolute Gasteiger partial charge is 0.496 e. The van der Waals surface area contributed by atoms with Crippen LogP contribution >= 0.6 is 0 Å². The Labute approximate surface area is 142 Å². The number of piperidine rings is 1. The molecule has 0 unspecified atom stereocenters. The van der Waals surface area contributed by atoms with Gasteiger partial charge in [0.05, 0.1) is 7.11 Å². The SMILES string of the molecule is COc1ccccc1C1(CNC(=O)N2CCC(C(N)=O)CC2)CC1. The van der Waals surface area contributed by atoms with E-state index < -0.39 is 0 Å². The highest BCUT2D eigenvalue weighted by atomic mass is 16.5. The zero-order valence-corrected chi connectivity index (χ0v) is 14.1. The van der Waals surface area contributed by atoms with Gasteiger partial charge >= 0.3 is 6.03 Å². The van der Waals surface area contributed by atoms with Gasteiger partial charge in [0.2, 0.25) is 5.91 Å². The summed E-state index contributed by atoms with van der Waals surface area (Å²) in [7, 11) is 1.68. The van der Waals surface area contributed by atoms with E-state index in [-0.39, 0.29) is 23.3 Å². The van der Waals surface area contributed by atoms with Crippen molar-refractivity contribution in [3.05, 3.63) is 29.8 Å². The Kier molecular flexibility index (Phi) is 4.64. The van der Waals surface area contributed by atoms with Crippen molar-refractivity contribution in [1.29, 1.82) is 0 Å². The molecular weight excluding hydrogens is 306 g/mol. The number of urea groups is 1. The van der Waals surface area contributed by atoms with E-state index in [1.807, 2.05) is 18.2 Å². The van der Waals surface area contributed by atoms with Crippen LogP contribution in [-0.2, 0) is 10.2 Å². The summed E-state index contributed by atoms with van der Waals surface area (Å²) in [5.74, 6) is 0.520. The molecule has 2 aliphatic rings. The van der Waals surface area contributed by atoms with Gasteiger partial charge in [-0.05, 0) is 31.7 Å². The molecule has 0 atom stereocenters. The third-order valence-corrected chi connectivity index (χ3v) is 5.29. The minimum Gasteiger partial charge on any atom is -0.496 e. The first-order chi connectivity index (χ1) is 11.6. The van der Waals surface area contributed by atoms with E-state index in [0.29, 0.717) is 32.5 Å². The van der Waals surface area contributed by atoms with E-state index in [2.05, 4.69) is 11.4 Å². The fraction of sp³-hybridized carbons (Fsp3) is 0.556. The van der Waals surface area contributed by atoms with Gasteiger partial charge in [-0.3, -0.25) is 4.79 Å². The Morgan fingerprint density at radius 1 is 1.29 bits per heavy atom. The lowest BCUT2D eigenvalue weighted by atomic mass is 9.94.